The number of aromatic nitrogens is 4. The molecule has 0 saturated carbocycles. The summed E-state index contributed by atoms with van der Waals surface area (Å²) in [6, 6.07) is 12.1. The number of anilines is 1. The van der Waals surface area contributed by atoms with Gasteiger partial charge in [0.2, 0.25) is 0 Å². The van der Waals surface area contributed by atoms with Gasteiger partial charge in [-0.25, -0.2) is 4.68 Å². The van der Waals surface area contributed by atoms with Crippen molar-refractivity contribution in [1.29, 1.82) is 0 Å². The van der Waals surface area contributed by atoms with Gasteiger partial charge in [-0.3, -0.25) is 4.68 Å². The van der Waals surface area contributed by atoms with E-state index < -0.39 is 0 Å². The Labute approximate surface area is 123 Å². The number of hydrogen-bond acceptors (Lipinski definition) is 3. The van der Waals surface area contributed by atoms with Crippen molar-refractivity contribution in [2.75, 3.05) is 5.73 Å². The fourth-order valence-corrected chi connectivity index (χ4v) is 2.89. The topological polar surface area (TPSA) is 61.7 Å². The number of aryl methyl sites for hydroxylation is 2. The first-order valence-corrected chi connectivity index (χ1v) is 7.21. The van der Waals surface area contributed by atoms with Gasteiger partial charge in [-0.1, -0.05) is 18.2 Å². The first-order chi connectivity index (χ1) is 10.2. The fraction of sp³-hybridized carbons (Fsp3) is 0.250. The van der Waals surface area contributed by atoms with Crippen LogP contribution in [0.5, 0.6) is 0 Å². The molecule has 2 aromatic heterocycles. The van der Waals surface area contributed by atoms with Gasteiger partial charge in [-0.05, 0) is 38.0 Å². The van der Waals surface area contributed by atoms with Crippen molar-refractivity contribution in [2.45, 2.75) is 26.3 Å². The second-order valence-corrected chi connectivity index (χ2v) is 5.45. The highest BCUT2D eigenvalue weighted by molar-refractivity contribution is 5.66. The van der Waals surface area contributed by atoms with E-state index in [0.29, 0.717) is 5.82 Å². The number of para-hydroxylation sites is 1. The summed E-state index contributed by atoms with van der Waals surface area (Å²) in [6.07, 6.45) is 2.28. The summed E-state index contributed by atoms with van der Waals surface area (Å²) in [6.45, 7) is 3.00. The zero-order valence-corrected chi connectivity index (χ0v) is 12.0. The normalized spacial score (nSPS) is 13.6. The Balaban J connectivity index is 1.83. The van der Waals surface area contributed by atoms with Crippen molar-refractivity contribution in [1.82, 2.24) is 19.6 Å². The summed E-state index contributed by atoms with van der Waals surface area (Å²) in [7, 11) is 0. The van der Waals surface area contributed by atoms with Gasteiger partial charge in [-0.2, -0.15) is 10.2 Å². The molecule has 0 fully saturated rings. The number of rotatable bonds is 2. The van der Waals surface area contributed by atoms with Crippen molar-refractivity contribution in [3.05, 3.63) is 47.7 Å². The largest absolute Gasteiger partial charge is 0.383 e. The van der Waals surface area contributed by atoms with Gasteiger partial charge < -0.3 is 5.73 Å². The number of hydrogen-bond donors (Lipinski definition) is 1. The molecule has 0 unspecified atom stereocenters. The monoisotopic (exact) mass is 279 g/mol. The van der Waals surface area contributed by atoms with Crippen LogP contribution in [0.3, 0.4) is 0 Å². The van der Waals surface area contributed by atoms with Crippen LogP contribution >= 0.6 is 0 Å². The molecule has 1 aliphatic heterocycles. The highest BCUT2D eigenvalue weighted by Gasteiger charge is 2.20. The lowest BCUT2D eigenvalue weighted by molar-refractivity contribution is 0.658. The Hall–Kier alpha value is -2.56. The predicted octanol–water partition coefficient (Wildman–Crippen LogP) is 2.57. The Bertz CT molecular complexity index is 776. The second kappa shape index (κ2) is 4.48. The fourth-order valence-electron chi connectivity index (χ4n) is 2.89. The summed E-state index contributed by atoms with van der Waals surface area (Å²) in [5, 5.41) is 9.33. The Kier molecular flexibility index (Phi) is 2.60. The molecule has 1 aliphatic rings. The van der Waals surface area contributed by atoms with Crippen LogP contribution in [0.15, 0.2) is 36.4 Å². The van der Waals surface area contributed by atoms with E-state index in [2.05, 4.69) is 20.9 Å². The maximum absolute atomic E-state index is 6.23. The average Bonchev–Trinajstić information content (AvgIpc) is 3.15. The molecular formula is C16H17N5. The highest BCUT2D eigenvalue weighted by Crippen LogP contribution is 2.29. The van der Waals surface area contributed by atoms with Gasteiger partial charge >= 0.3 is 0 Å². The molecule has 0 amide bonds. The van der Waals surface area contributed by atoms with Gasteiger partial charge in [0.15, 0.2) is 0 Å². The first kappa shape index (κ1) is 12.2. The zero-order valence-electron chi connectivity index (χ0n) is 12.0. The van der Waals surface area contributed by atoms with Crippen LogP contribution in [-0.4, -0.2) is 19.6 Å². The third kappa shape index (κ3) is 1.85. The third-order valence-electron chi connectivity index (χ3n) is 4.08. The maximum Gasteiger partial charge on any atom is 0.130 e. The summed E-state index contributed by atoms with van der Waals surface area (Å²) >= 11 is 0. The summed E-state index contributed by atoms with van der Waals surface area (Å²) < 4.78 is 3.86. The predicted molar refractivity (Wildman–Crippen MR) is 82.3 cm³/mol. The number of nitrogens with two attached hydrogens (primary N) is 1. The molecule has 106 valence electrons. The molecule has 5 nitrogen and oxygen atoms in total. The number of fused-ring (bicyclic) bond motifs is 1. The van der Waals surface area contributed by atoms with Gasteiger partial charge in [0.1, 0.15) is 17.2 Å². The van der Waals surface area contributed by atoms with Crippen molar-refractivity contribution in [2.24, 2.45) is 0 Å². The molecule has 2 N–H and O–H groups in total. The minimum absolute atomic E-state index is 0.671. The van der Waals surface area contributed by atoms with E-state index in [0.717, 1.165) is 35.6 Å². The SMILES string of the molecule is Cc1c(-c2cc3n(n2)CCC3)nn(-c2ccccc2)c1N. The van der Waals surface area contributed by atoms with Crippen LogP contribution in [0, 0.1) is 6.92 Å². The van der Waals surface area contributed by atoms with E-state index in [-0.39, 0.29) is 0 Å². The van der Waals surface area contributed by atoms with E-state index in [4.69, 9.17) is 5.73 Å². The average molecular weight is 279 g/mol. The van der Waals surface area contributed by atoms with Crippen molar-refractivity contribution < 1.29 is 0 Å². The van der Waals surface area contributed by atoms with Gasteiger partial charge in [0, 0.05) is 17.8 Å². The van der Waals surface area contributed by atoms with Crippen molar-refractivity contribution in [3.63, 3.8) is 0 Å². The van der Waals surface area contributed by atoms with Gasteiger partial charge in [0.25, 0.3) is 0 Å². The highest BCUT2D eigenvalue weighted by atomic mass is 15.3. The van der Waals surface area contributed by atoms with Crippen LogP contribution in [0.25, 0.3) is 17.1 Å². The zero-order chi connectivity index (χ0) is 14.4. The van der Waals surface area contributed by atoms with Crippen LogP contribution < -0.4 is 5.73 Å². The van der Waals surface area contributed by atoms with Crippen LogP contribution in [0.1, 0.15) is 17.7 Å². The molecule has 1 aromatic carbocycles. The summed E-state index contributed by atoms with van der Waals surface area (Å²) in [5.41, 5.74) is 11.3. The van der Waals surface area contributed by atoms with E-state index in [1.165, 1.54) is 12.1 Å². The molecule has 0 aliphatic carbocycles. The Morgan fingerprint density at radius 3 is 2.71 bits per heavy atom. The molecule has 3 heterocycles. The van der Waals surface area contributed by atoms with E-state index in [1.807, 2.05) is 37.3 Å². The Morgan fingerprint density at radius 1 is 1.14 bits per heavy atom. The summed E-state index contributed by atoms with van der Waals surface area (Å²) in [5.74, 6) is 0.671. The van der Waals surface area contributed by atoms with Crippen LogP contribution in [0.2, 0.25) is 0 Å². The quantitative estimate of drug-likeness (QED) is 0.784. The molecule has 21 heavy (non-hydrogen) atoms. The van der Waals surface area contributed by atoms with Gasteiger partial charge in [0.05, 0.1) is 5.69 Å². The van der Waals surface area contributed by atoms with Crippen LogP contribution in [0.4, 0.5) is 5.82 Å². The van der Waals surface area contributed by atoms with Gasteiger partial charge in [-0.15, -0.1) is 0 Å². The number of benzene rings is 1. The number of nitrogens with zero attached hydrogens (tertiary/aromatic N) is 4. The van der Waals surface area contributed by atoms with Crippen molar-refractivity contribution >= 4 is 5.82 Å². The molecule has 3 aromatic rings. The Morgan fingerprint density at radius 2 is 1.95 bits per heavy atom. The van der Waals surface area contributed by atoms with E-state index >= 15 is 0 Å². The molecular weight excluding hydrogens is 262 g/mol. The van der Waals surface area contributed by atoms with Crippen molar-refractivity contribution in [3.8, 4) is 17.1 Å². The lowest BCUT2D eigenvalue weighted by Gasteiger charge is -2.02. The lowest BCUT2D eigenvalue weighted by Crippen LogP contribution is -2.01. The molecule has 0 saturated heterocycles. The summed E-state index contributed by atoms with van der Waals surface area (Å²) in [4.78, 5) is 0. The molecule has 0 atom stereocenters. The first-order valence-electron chi connectivity index (χ1n) is 7.21. The third-order valence-corrected chi connectivity index (χ3v) is 4.08. The number of nitrogen functional groups attached to an aromatic ring is 1. The van der Waals surface area contributed by atoms with E-state index in [9.17, 15) is 0 Å². The molecule has 0 bridgehead atoms. The van der Waals surface area contributed by atoms with Crippen LogP contribution in [-0.2, 0) is 13.0 Å². The maximum atomic E-state index is 6.23. The molecule has 0 spiro atoms. The molecule has 5 heteroatoms. The molecule has 4 rings (SSSR count). The molecule has 0 radical (unpaired) electrons. The smallest absolute Gasteiger partial charge is 0.130 e. The second-order valence-electron chi connectivity index (χ2n) is 5.45. The standard InChI is InChI=1S/C16H17N5/c1-11-15(14-10-13-8-5-9-20(13)18-14)19-21(16(11)17)12-6-3-2-4-7-12/h2-4,6-7,10H,5,8-9,17H2,1H3. The minimum atomic E-state index is 0.671. The van der Waals surface area contributed by atoms with E-state index in [1.54, 1.807) is 4.68 Å². The minimum Gasteiger partial charge on any atom is -0.383 e. The lowest BCUT2D eigenvalue weighted by atomic mass is 10.2.